The standard InChI is InChI=1S/C11H18FNS/c1-8(2)10(7-13)11(12)6-9-4-3-5-14-9/h3-5,8,10-11H,6-7,13H2,1-2H3. The van der Waals surface area contributed by atoms with E-state index in [4.69, 9.17) is 5.73 Å². The van der Waals surface area contributed by atoms with E-state index in [1.165, 1.54) is 0 Å². The molecule has 0 fully saturated rings. The maximum Gasteiger partial charge on any atom is 0.109 e. The molecular formula is C11H18FNS. The van der Waals surface area contributed by atoms with Gasteiger partial charge in [-0.05, 0) is 23.9 Å². The summed E-state index contributed by atoms with van der Waals surface area (Å²) in [6, 6.07) is 3.94. The van der Waals surface area contributed by atoms with Crippen molar-refractivity contribution in [1.29, 1.82) is 0 Å². The van der Waals surface area contributed by atoms with Crippen molar-refractivity contribution in [3.8, 4) is 0 Å². The normalized spacial score (nSPS) is 15.8. The molecule has 2 atom stereocenters. The van der Waals surface area contributed by atoms with Crippen molar-refractivity contribution >= 4 is 11.3 Å². The molecule has 14 heavy (non-hydrogen) atoms. The highest BCUT2D eigenvalue weighted by Crippen LogP contribution is 2.22. The molecule has 0 bridgehead atoms. The monoisotopic (exact) mass is 215 g/mol. The SMILES string of the molecule is CC(C)C(CN)C(F)Cc1cccs1. The van der Waals surface area contributed by atoms with Gasteiger partial charge < -0.3 is 5.73 Å². The van der Waals surface area contributed by atoms with Gasteiger partial charge in [-0.3, -0.25) is 0 Å². The van der Waals surface area contributed by atoms with Crippen molar-refractivity contribution in [2.75, 3.05) is 6.54 Å². The predicted molar refractivity (Wildman–Crippen MR) is 60.3 cm³/mol. The maximum absolute atomic E-state index is 13.8. The summed E-state index contributed by atoms with van der Waals surface area (Å²) in [7, 11) is 0. The van der Waals surface area contributed by atoms with E-state index in [1.807, 2.05) is 31.4 Å². The molecule has 0 radical (unpaired) electrons. The summed E-state index contributed by atoms with van der Waals surface area (Å²) in [5.74, 6) is 0.298. The molecular weight excluding hydrogens is 197 g/mol. The van der Waals surface area contributed by atoms with E-state index in [-0.39, 0.29) is 5.92 Å². The highest BCUT2D eigenvalue weighted by Gasteiger charge is 2.23. The third kappa shape index (κ3) is 3.07. The zero-order valence-corrected chi connectivity index (χ0v) is 9.56. The van der Waals surface area contributed by atoms with Gasteiger partial charge in [0.2, 0.25) is 0 Å². The second-order valence-electron chi connectivity index (χ2n) is 3.94. The van der Waals surface area contributed by atoms with E-state index < -0.39 is 6.17 Å². The fraction of sp³-hybridized carbons (Fsp3) is 0.636. The van der Waals surface area contributed by atoms with Crippen LogP contribution in [-0.4, -0.2) is 12.7 Å². The van der Waals surface area contributed by atoms with E-state index in [2.05, 4.69) is 0 Å². The Balaban J connectivity index is 2.51. The van der Waals surface area contributed by atoms with Gasteiger partial charge in [0.1, 0.15) is 6.17 Å². The van der Waals surface area contributed by atoms with E-state index in [0.717, 1.165) is 4.88 Å². The van der Waals surface area contributed by atoms with Crippen LogP contribution in [0.5, 0.6) is 0 Å². The van der Waals surface area contributed by atoms with Crippen LogP contribution < -0.4 is 5.73 Å². The molecule has 1 nitrogen and oxygen atoms in total. The highest BCUT2D eigenvalue weighted by molar-refractivity contribution is 7.09. The first kappa shape index (κ1) is 11.7. The summed E-state index contributed by atoms with van der Waals surface area (Å²) in [6.07, 6.45) is -0.295. The van der Waals surface area contributed by atoms with Gasteiger partial charge in [0, 0.05) is 17.2 Å². The molecule has 0 aromatic carbocycles. The minimum absolute atomic E-state index is 0.0166. The molecule has 2 N–H and O–H groups in total. The molecule has 2 unspecified atom stereocenters. The average molecular weight is 215 g/mol. The molecule has 3 heteroatoms. The van der Waals surface area contributed by atoms with Gasteiger partial charge in [-0.2, -0.15) is 0 Å². The van der Waals surface area contributed by atoms with Crippen molar-refractivity contribution in [1.82, 2.24) is 0 Å². The third-order valence-electron chi connectivity index (χ3n) is 2.57. The van der Waals surface area contributed by atoms with E-state index in [1.54, 1.807) is 11.3 Å². The Morgan fingerprint density at radius 1 is 1.50 bits per heavy atom. The Morgan fingerprint density at radius 3 is 2.64 bits per heavy atom. The summed E-state index contributed by atoms with van der Waals surface area (Å²) >= 11 is 1.61. The molecule has 0 aliphatic carbocycles. The molecule has 0 saturated carbocycles. The van der Waals surface area contributed by atoms with Gasteiger partial charge in [-0.1, -0.05) is 19.9 Å². The Hall–Kier alpha value is -0.410. The van der Waals surface area contributed by atoms with E-state index in [0.29, 0.717) is 18.9 Å². The summed E-state index contributed by atoms with van der Waals surface area (Å²) in [6.45, 7) is 4.49. The number of nitrogens with two attached hydrogens (primary N) is 1. The number of halogens is 1. The van der Waals surface area contributed by atoms with Crippen LogP contribution >= 0.6 is 11.3 Å². The quantitative estimate of drug-likeness (QED) is 0.803. The van der Waals surface area contributed by atoms with Crippen LogP contribution in [0.25, 0.3) is 0 Å². The average Bonchev–Trinajstić information content (AvgIpc) is 2.57. The Bertz CT molecular complexity index is 246. The first-order valence-electron chi connectivity index (χ1n) is 5.01. The molecule has 1 aromatic heterocycles. The lowest BCUT2D eigenvalue weighted by Crippen LogP contribution is -2.30. The number of alkyl halides is 1. The van der Waals surface area contributed by atoms with Crippen molar-refractivity contribution in [3.63, 3.8) is 0 Å². The minimum atomic E-state index is -0.807. The number of rotatable bonds is 5. The summed E-state index contributed by atoms with van der Waals surface area (Å²) in [5.41, 5.74) is 5.57. The number of hydrogen-bond donors (Lipinski definition) is 1. The second kappa shape index (κ2) is 5.47. The topological polar surface area (TPSA) is 26.0 Å². The Morgan fingerprint density at radius 2 is 2.21 bits per heavy atom. The molecule has 80 valence electrons. The molecule has 0 spiro atoms. The van der Waals surface area contributed by atoms with Gasteiger partial charge >= 0.3 is 0 Å². The molecule has 1 heterocycles. The van der Waals surface area contributed by atoms with Gasteiger partial charge in [0.15, 0.2) is 0 Å². The largest absolute Gasteiger partial charge is 0.330 e. The fourth-order valence-corrected chi connectivity index (χ4v) is 2.35. The molecule has 0 saturated heterocycles. The van der Waals surface area contributed by atoms with Crippen molar-refractivity contribution in [2.45, 2.75) is 26.4 Å². The summed E-state index contributed by atoms with van der Waals surface area (Å²) < 4.78 is 13.8. The second-order valence-corrected chi connectivity index (χ2v) is 4.98. The van der Waals surface area contributed by atoms with Crippen molar-refractivity contribution in [3.05, 3.63) is 22.4 Å². The van der Waals surface area contributed by atoms with Gasteiger partial charge in [0.25, 0.3) is 0 Å². The molecule has 0 aliphatic rings. The lowest BCUT2D eigenvalue weighted by Gasteiger charge is -2.22. The van der Waals surface area contributed by atoms with Crippen molar-refractivity contribution in [2.24, 2.45) is 17.6 Å². The number of thiophene rings is 1. The lowest BCUT2D eigenvalue weighted by molar-refractivity contribution is 0.186. The summed E-state index contributed by atoms with van der Waals surface area (Å²) in [4.78, 5) is 1.11. The van der Waals surface area contributed by atoms with Crippen LogP contribution in [0.4, 0.5) is 4.39 Å². The molecule has 1 rings (SSSR count). The first-order valence-corrected chi connectivity index (χ1v) is 5.89. The van der Waals surface area contributed by atoms with Crippen LogP contribution in [0, 0.1) is 11.8 Å². The van der Waals surface area contributed by atoms with Crippen LogP contribution in [0.3, 0.4) is 0 Å². The van der Waals surface area contributed by atoms with Gasteiger partial charge in [0.05, 0.1) is 0 Å². The molecule has 0 aliphatic heterocycles. The van der Waals surface area contributed by atoms with Gasteiger partial charge in [-0.25, -0.2) is 4.39 Å². The zero-order chi connectivity index (χ0) is 10.6. The van der Waals surface area contributed by atoms with Gasteiger partial charge in [-0.15, -0.1) is 11.3 Å². The Kier molecular flexibility index (Phi) is 4.55. The maximum atomic E-state index is 13.8. The first-order chi connectivity index (χ1) is 6.65. The molecule has 0 amide bonds. The van der Waals surface area contributed by atoms with Crippen molar-refractivity contribution < 1.29 is 4.39 Å². The Labute approximate surface area is 89.1 Å². The lowest BCUT2D eigenvalue weighted by atomic mass is 9.89. The summed E-state index contributed by atoms with van der Waals surface area (Å²) in [5, 5.41) is 1.98. The van der Waals surface area contributed by atoms with Crippen LogP contribution in [-0.2, 0) is 6.42 Å². The highest BCUT2D eigenvalue weighted by atomic mass is 32.1. The van der Waals surface area contributed by atoms with Crippen LogP contribution in [0.2, 0.25) is 0 Å². The van der Waals surface area contributed by atoms with Crippen LogP contribution in [0.1, 0.15) is 18.7 Å². The predicted octanol–water partition coefficient (Wildman–Crippen LogP) is 2.86. The molecule has 1 aromatic rings. The fourth-order valence-electron chi connectivity index (χ4n) is 1.61. The smallest absolute Gasteiger partial charge is 0.109 e. The minimum Gasteiger partial charge on any atom is -0.330 e. The zero-order valence-electron chi connectivity index (χ0n) is 8.74. The van der Waals surface area contributed by atoms with E-state index in [9.17, 15) is 4.39 Å². The van der Waals surface area contributed by atoms with Crippen LogP contribution in [0.15, 0.2) is 17.5 Å². The third-order valence-corrected chi connectivity index (χ3v) is 3.47. The van der Waals surface area contributed by atoms with E-state index >= 15 is 0 Å². The number of hydrogen-bond acceptors (Lipinski definition) is 2.